The van der Waals surface area contributed by atoms with E-state index in [9.17, 15) is 22.4 Å². The minimum absolute atomic E-state index is 0.189. The van der Waals surface area contributed by atoms with Crippen molar-refractivity contribution in [1.82, 2.24) is 20.5 Å². The van der Waals surface area contributed by atoms with Crippen molar-refractivity contribution in [3.8, 4) is 11.3 Å². The lowest BCUT2D eigenvalue weighted by molar-refractivity contribution is -0.140. The van der Waals surface area contributed by atoms with Crippen molar-refractivity contribution in [2.75, 3.05) is 26.2 Å². The number of nitrogens with one attached hydrogen (secondary N) is 2. The summed E-state index contributed by atoms with van der Waals surface area (Å²) in [6.07, 6.45) is -2.96. The number of aromatic nitrogens is 1. The predicted octanol–water partition coefficient (Wildman–Crippen LogP) is 2.67. The van der Waals surface area contributed by atoms with Crippen LogP contribution in [0.15, 0.2) is 34.9 Å². The normalized spacial score (nSPS) is 18.6. The fourth-order valence-corrected chi connectivity index (χ4v) is 3.21. The van der Waals surface area contributed by atoms with Crippen LogP contribution >= 0.6 is 0 Å². The second-order valence-corrected chi connectivity index (χ2v) is 7.38. The summed E-state index contributed by atoms with van der Waals surface area (Å²) in [4.78, 5) is 18.3. The Morgan fingerprint density at radius 1 is 1.38 bits per heavy atom. The first-order valence-electron chi connectivity index (χ1n) is 9.11. The summed E-state index contributed by atoms with van der Waals surface area (Å²) >= 11 is 0. The maximum atomic E-state index is 13.5. The summed E-state index contributed by atoms with van der Waals surface area (Å²) in [5.74, 6) is -0.333. The van der Waals surface area contributed by atoms with E-state index in [1.807, 2.05) is 24.1 Å². The third-order valence-electron chi connectivity index (χ3n) is 4.88. The van der Waals surface area contributed by atoms with Crippen LogP contribution in [0.5, 0.6) is 0 Å². The van der Waals surface area contributed by atoms with Gasteiger partial charge >= 0.3 is 6.18 Å². The van der Waals surface area contributed by atoms with Gasteiger partial charge in [-0.15, -0.1) is 0 Å². The van der Waals surface area contributed by atoms with E-state index in [1.54, 1.807) is 12.1 Å². The van der Waals surface area contributed by atoms with Gasteiger partial charge < -0.3 is 15.1 Å². The lowest BCUT2D eigenvalue weighted by Gasteiger charge is -2.41. The fraction of sp³-hybridized carbons (Fsp3) is 0.474. The van der Waals surface area contributed by atoms with Crippen LogP contribution in [0.2, 0.25) is 0 Å². The smallest absolute Gasteiger partial charge is 0.405 e. The largest absolute Gasteiger partial charge is 0.439 e. The molecule has 0 spiro atoms. The van der Waals surface area contributed by atoms with Gasteiger partial charge in [0.25, 0.3) is 0 Å². The second-order valence-electron chi connectivity index (χ2n) is 7.38. The first-order chi connectivity index (χ1) is 13.6. The van der Waals surface area contributed by atoms with Crippen LogP contribution in [0.4, 0.5) is 17.6 Å². The zero-order valence-electron chi connectivity index (χ0n) is 16.0. The highest BCUT2D eigenvalue weighted by Crippen LogP contribution is 2.31. The molecule has 3 rings (SSSR count). The van der Waals surface area contributed by atoms with Crippen molar-refractivity contribution >= 4 is 5.91 Å². The van der Waals surface area contributed by atoms with Crippen LogP contribution in [0.3, 0.4) is 0 Å². The van der Waals surface area contributed by atoms with E-state index in [0.717, 1.165) is 0 Å². The Morgan fingerprint density at radius 3 is 2.83 bits per heavy atom. The highest BCUT2D eigenvalue weighted by Gasteiger charge is 2.39. The summed E-state index contributed by atoms with van der Waals surface area (Å²) in [5.41, 5.74) is -0.180. The Labute approximate surface area is 165 Å². The van der Waals surface area contributed by atoms with Gasteiger partial charge in [-0.1, -0.05) is 12.1 Å². The SMILES string of the molecule is CC(C)(c1ncc(-c2cccc(F)c2)o1)N1CCN[C@H](C(=O)NCC(F)(F)F)C1. The standard InChI is InChI=1S/C19H22F4N4O2/c1-18(2,17-25-9-15(29-17)12-4-3-5-13(20)8-12)27-7-6-24-14(10-27)16(28)26-11-19(21,22)23/h3-5,8-9,14,24H,6-7,10-11H2,1-2H3,(H,26,28)/t14-/m0/s1. The number of nitrogens with zero attached hydrogens (tertiary/aromatic N) is 2. The van der Waals surface area contributed by atoms with Crippen molar-refractivity contribution in [2.24, 2.45) is 0 Å². The van der Waals surface area contributed by atoms with Gasteiger partial charge in [0.05, 0.1) is 17.8 Å². The van der Waals surface area contributed by atoms with E-state index in [2.05, 4.69) is 10.3 Å². The molecule has 1 aromatic carbocycles. The lowest BCUT2D eigenvalue weighted by atomic mass is 10.00. The Kier molecular flexibility index (Phi) is 5.95. The predicted molar refractivity (Wildman–Crippen MR) is 97.4 cm³/mol. The van der Waals surface area contributed by atoms with Gasteiger partial charge in [-0.25, -0.2) is 9.37 Å². The molecule has 0 saturated carbocycles. The topological polar surface area (TPSA) is 70.4 Å². The fourth-order valence-electron chi connectivity index (χ4n) is 3.21. The third-order valence-corrected chi connectivity index (χ3v) is 4.88. The van der Waals surface area contributed by atoms with Crippen LogP contribution in [-0.2, 0) is 10.3 Å². The van der Waals surface area contributed by atoms with E-state index in [1.165, 1.54) is 18.3 Å². The molecule has 2 N–H and O–H groups in total. The number of amides is 1. The molecule has 0 aliphatic carbocycles. The molecule has 6 nitrogen and oxygen atoms in total. The number of benzene rings is 1. The van der Waals surface area contributed by atoms with E-state index in [-0.39, 0.29) is 6.54 Å². The molecular weight excluding hydrogens is 392 g/mol. The van der Waals surface area contributed by atoms with Gasteiger partial charge in [0.15, 0.2) is 5.76 Å². The van der Waals surface area contributed by atoms with Gasteiger partial charge in [0.2, 0.25) is 11.8 Å². The molecule has 2 aromatic rings. The average Bonchev–Trinajstić information content (AvgIpc) is 3.17. The third kappa shape index (κ3) is 5.13. The molecule has 1 aliphatic heterocycles. The van der Waals surface area contributed by atoms with Crippen molar-refractivity contribution < 1.29 is 26.8 Å². The van der Waals surface area contributed by atoms with E-state index < -0.39 is 36.0 Å². The number of rotatable bonds is 5. The molecule has 29 heavy (non-hydrogen) atoms. The van der Waals surface area contributed by atoms with E-state index >= 15 is 0 Å². The minimum Gasteiger partial charge on any atom is -0.439 e. The van der Waals surface area contributed by atoms with Crippen LogP contribution in [0, 0.1) is 5.82 Å². The highest BCUT2D eigenvalue weighted by atomic mass is 19.4. The Bertz CT molecular complexity index is 866. The lowest BCUT2D eigenvalue weighted by Crippen LogP contribution is -2.61. The summed E-state index contributed by atoms with van der Waals surface area (Å²) in [7, 11) is 0. The van der Waals surface area contributed by atoms with Crippen LogP contribution < -0.4 is 10.6 Å². The number of hydrogen-bond acceptors (Lipinski definition) is 5. The molecule has 0 unspecified atom stereocenters. The minimum atomic E-state index is -4.46. The number of carbonyl (C=O) groups is 1. The Hall–Kier alpha value is -2.46. The molecule has 0 radical (unpaired) electrons. The van der Waals surface area contributed by atoms with Gasteiger partial charge in [0, 0.05) is 25.2 Å². The van der Waals surface area contributed by atoms with Crippen LogP contribution in [-0.4, -0.2) is 54.2 Å². The molecule has 1 fully saturated rings. The molecule has 2 heterocycles. The van der Waals surface area contributed by atoms with Gasteiger partial charge in [-0.2, -0.15) is 13.2 Å². The Morgan fingerprint density at radius 2 is 2.14 bits per heavy atom. The molecule has 0 bridgehead atoms. The maximum absolute atomic E-state index is 13.5. The quantitative estimate of drug-likeness (QED) is 0.737. The first-order valence-corrected chi connectivity index (χ1v) is 9.11. The zero-order valence-corrected chi connectivity index (χ0v) is 16.0. The van der Waals surface area contributed by atoms with E-state index in [4.69, 9.17) is 4.42 Å². The second kappa shape index (κ2) is 8.11. The summed E-state index contributed by atoms with van der Waals surface area (Å²) in [6.45, 7) is 3.49. The molecule has 1 saturated heterocycles. The summed E-state index contributed by atoms with van der Waals surface area (Å²) < 4.78 is 56.3. The zero-order chi connectivity index (χ0) is 21.2. The first kappa shape index (κ1) is 21.3. The number of alkyl halides is 3. The molecule has 158 valence electrons. The molecule has 10 heteroatoms. The van der Waals surface area contributed by atoms with Crippen LogP contribution in [0.1, 0.15) is 19.7 Å². The molecule has 1 atom stereocenters. The molecule has 1 aromatic heterocycles. The van der Waals surface area contributed by atoms with Gasteiger partial charge in [-0.05, 0) is 26.0 Å². The highest BCUT2D eigenvalue weighted by molar-refractivity contribution is 5.82. The van der Waals surface area contributed by atoms with E-state index in [0.29, 0.717) is 30.3 Å². The van der Waals surface area contributed by atoms with Crippen molar-refractivity contribution in [3.05, 3.63) is 42.2 Å². The van der Waals surface area contributed by atoms with Crippen molar-refractivity contribution in [3.63, 3.8) is 0 Å². The number of oxazole rings is 1. The number of halogens is 4. The van der Waals surface area contributed by atoms with Gasteiger partial charge in [0.1, 0.15) is 12.4 Å². The van der Waals surface area contributed by atoms with Crippen molar-refractivity contribution in [1.29, 1.82) is 0 Å². The number of piperazine rings is 1. The Balaban J connectivity index is 1.71. The van der Waals surface area contributed by atoms with Crippen molar-refractivity contribution in [2.45, 2.75) is 31.6 Å². The number of hydrogen-bond donors (Lipinski definition) is 2. The van der Waals surface area contributed by atoms with Gasteiger partial charge in [-0.3, -0.25) is 9.69 Å². The molecule has 1 amide bonds. The maximum Gasteiger partial charge on any atom is 0.405 e. The molecule has 1 aliphatic rings. The summed E-state index contributed by atoms with van der Waals surface area (Å²) in [6, 6.07) is 5.14. The number of carbonyl (C=O) groups excluding carboxylic acids is 1. The average molecular weight is 414 g/mol. The summed E-state index contributed by atoms with van der Waals surface area (Å²) in [5, 5.41) is 4.84. The monoisotopic (exact) mass is 414 g/mol. The molecular formula is C19H22F4N4O2. The van der Waals surface area contributed by atoms with Crippen LogP contribution in [0.25, 0.3) is 11.3 Å².